The van der Waals surface area contributed by atoms with Crippen LogP contribution in [-0.2, 0) is 9.47 Å². The predicted molar refractivity (Wildman–Crippen MR) is 126 cm³/mol. The van der Waals surface area contributed by atoms with E-state index in [1.807, 2.05) is 6.07 Å². The van der Waals surface area contributed by atoms with Gasteiger partial charge in [0.25, 0.3) is 0 Å². The quantitative estimate of drug-likeness (QED) is 0.271. The molecule has 0 bridgehead atoms. The highest BCUT2D eigenvalue weighted by Gasteiger charge is 2.29. The van der Waals surface area contributed by atoms with Gasteiger partial charge in [-0.2, -0.15) is 0 Å². The van der Waals surface area contributed by atoms with Crippen molar-refractivity contribution in [1.29, 1.82) is 0 Å². The monoisotopic (exact) mass is 462 g/mol. The Balaban J connectivity index is 1.52. The van der Waals surface area contributed by atoms with E-state index in [0.717, 1.165) is 57.4 Å². The first-order valence-electron chi connectivity index (χ1n) is 12.3. The third kappa shape index (κ3) is 6.68. The summed E-state index contributed by atoms with van der Waals surface area (Å²) in [6.07, 6.45) is 8.34. The molecular weight excluding hydrogens is 425 g/mol. The van der Waals surface area contributed by atoms with Gasteiger partial charge in [0.1, 0.15) is 11.5 Å². The molecule has 2 fully saturated rings. The standard InChI is InChI=1S/C28H37F3O2/c1-5-32-19(3)16-26(29)20(4)33-17-21-8-12-23(13-9-21)25-15-14-24(27(30)28(25)31)22-10-6-18(2)7-11-22/h14-16,18,21-23H,3-13,17H2,1-2H3/b26-16+. The first-order valence-corrected chi connectivity index (χ1v) is 12.3. The first-order chi connectivity index (χ1) is 15.8. The minimum atomic E-state index is -0.666. The molecule has 0 unspecified atom stereocenters. The number of benzene rings is 1. The van der Waals surface area contributed by atoms with Gasteiger partial charge >= 0.3 is 0 Å². The molecule has 5 heteroatoms. The van der Waals surface area contributed by atoms with Gasteiger partial charge in [0.15, 0.2) is 17.5 Å². The van der Waals surface area contributed by atoms with Crippen molar-refractivity contribution in [2.75, 3.05) is 13.2 Å². The fourth-order valence-electron chi connectivity index (χ4n) is 5.16. The lowest BCUT2D eigenvalue weighted by Gasteiger charge is -2.30. The maximum absolute atomic E-state index is 15.0. The molecule has 182 valence electrons. The van der Waals surface area contributed by atoms with Crippen molar-refractivity contribution in [3.8, 4) is 0 Å². The first kappa shape index (κ1) is 25.5. The number of rotatable bonds is 9. The molecule has 0 radical (unpaired) electrons. The van der Waals surface area contributed by atoms with E-state index in [2.05, 4.69) is 20.1 Å². The Kier molecular flexibility index (Phi) is 9.10. The zero-order valence-electron chi connectivity index (χ0n) is 20.0. The normalized spacial score (nSPS) is 26.0. The summed E-state index contributed by atoms with van der Waals surface area (Å²) in [5.74, 6) is -0.698. The van der Waals surface area contributed by atoms with Crippen LogP contribution < -0.4 is 0 Å². The van der Waals surface area contributed by atoms with Crippen molar-refractivity contribution in [3.05, 3.63) is 71.5 Å². The van der Waals surface area contributed by atoms with Gasteiger partial charge in [0, 0.05) is 6.08 Å². The van der Waals surface area contributed by atoms with Gasteiger partial charge < -0.3 is 9.47 Å². The van der Waals surface area contributed by atoms with E-state index < -0.39 is 17.5 Å². The molecular formula is C28H37F3O2. The number of halogens is 3. The molecule has 0 aromatic heterocycles. The Morgan fingerprint density at radius 3 is 1.94 bits per heavy atom. The van der Waals surface area contributed by atoms with E-state index in [9.17, 15) is 8.78 Å². The van der Waals surface area contributed by atoms with Gasteiger partial charge in [-0.1, -0.05) is 45.1 Å². The molecule has 0 N–H and O–H groups in total. The van der Waals surface area contributed by atoms with E-state index in [1.54, 1.807) is 13.0 Å². The van der Waals surface area contributed by atoms with Crippen LogP contribution in [0.5, 0.6) is 0 Å². The minimum absolute atomic E-state index is 0.00512. The van der Waals surface area contributed by atoms with Crippen LogP contribution in [0.15, 0.2) is 48.7 Å². The van der Waals surface area contributed by atoms with Crippen molar-refractivity contribution >= 4 is 0 Å². The SMILES string of the molecule is C=C(/C=C(/F)C(=C)OCC1CCC(c2ccc(C3CCC(C)CC3)c(F)c2F)CC1)OCC. The van der Waals surface area contributed by atoms with E-state index in [1.165, 1.54) is 0 Å². The van der Waals surface area contributed by atoms with Gasteiger partial charge in [0.05, 0.1) is 13.2 Å². The summed E-state index contributed by atoms with van der Waals surface area (Å²) in [4.78, 5) is 0. The second kappa shape index (κ2) is 11.8. The third-order valence-corrected chi connectivity index (χ3v) is 7.26. The molecule has 3 rings (SSSR count). The topological polar surface area (TPSA) is 18.5 Å². The Bertz CT molecular complexity index is 860. The highest BCUT2D eigenvalue weighted by Crippen LogP contribution is 2.41. The number of hydrogen-bond acceptors (Lipinski definition) is 2. The smallest absolute Gasteiger partial charge is 0.168 e. The van der Waals surface area contributed by atoms with E-state index in [0.29, 0.717) is 30.3 Å². The highest BCUT2D eigenvalue weighted by molar-refractivity contribution is 5.32. The van der Waals surface area contributed by atoms with E-state index >= 15 is 4.39 Å². The lowest BCUT2D eigenvalue weighted by Crippen LogP contribution is -2.19. The van der Waals surface area contributed by atoms with Crippen LogP contribution in [0.1, 0.15) is 88.2 Å². The van der Waals surface area contributed by atoms with Gasteiger partial charge in [-0.15, -0.1) is 0 Å². The summed E-state index contributed by atoms with van der Waals surface area (Å²) in [5, 5.41) is 0. The van der Waals surface area contributed by atoms with Gasteiger partial charge in [0.2, 0.25) is 0 Å². The second-order valence-electron chi connectivity index (χ2n) is 9.67. The molecule has 2 aliphatic rings. The molecule has 0 amide bonds. The Labute approximate surface area is 196 Å². The Hall–Kier alpha value is -2.17. The molecule has 2 saturated carbocycles. The fourth-order valence-corrected chi connectivity index (χ4v) is 5.16. The fraction of sp³-hybridized carbons (Fsp3) is 0.571. The summed E-state index contributed by atoms with van der Waals surface area (Å²) in [6.45, 7) is 12.0. The zero-order chi connectivity index (χ0) is 24.0. The van der Waals surface area contributed by atoms with Crippen LogP contribution in [0.2, 0.25) is 0 Å². The molecule has 0 heterocycles. The van der Waals surface area contributed by atoms with Gasteiger partial charge in [-0.3, -0.25) is 0 Å². The molecule has 0 spiro atoms. The van der Waals surface area contributed by atoms with Crippen molar-refractivity contribution in [2.24, 2.45) is 11.8 Å². The third-order valence-electron chi connectivity index (χ3n) is 7.26. The minimum Gasteiger partial charge on any atom is -0.494 e. The highest BCUT2D eigenvalue weighted by atomic mass is 19.2. The molecule has 0 atom stereocenters. The van der Waals surface area contributed by atoms with Crippen LogP contribution >= 0.6 is 0 Å². The Morgan fingerprint density at radius 1 is 0.909 bits per heavy atom. The van der Waals surface area contributed by atoms with Crippen LogP contribution in [0.25, 0.3) is 0 Å². The average Bonchev–Trinajstić information content (AvgIpc) is 2.80. The lowest BCUT2D eigenvalue weighted by atomic mass is 9.76. The van der Waals surface area contributed by atoms with Gasteiger partial charge in [-0.25, -0.2) is 13.2 Å². The van der Waals surface area contributed by atoms with Gasteiger partial charge in [-0.05, 0) is 80.2 Å². The van der Waals surface area contributed by atoms with Crippen LogP contribution in [-0.4, -0.2) is 13.2 Å². The second-order valence-corrected chi connectivity index (χ2v) is 9.67. The van der Waals surface area contributed by atoms with Crippen molar-refractivity contribution < 1.29 is 22.6 Å². The van der Waals surface area contributed by atoms with Crippen LogP contribution in [0.3, 0.4) is 0 Å². The number of allylic oxidation sites excluding steroid dienone is 2. The van der Waals surface area contributed by atoms with E-state index in [4.69, 9.17) is 9.47 Å². The lowest BCUT2D eigenvalue weighted by molar-refractivity contribution is 0.136. The number of hydrogen-bond donors (Lipinski definition) is 0. The molecule has 0 saturated heterocycles. The van der Waals surface area contributed by atoms with Crippen molar-refractivity contribution in [1.82, 2.24) is 0 Å². The number of ether oxygens (including phenoxy) is 2. The summed E-state index contributed by atoms with van der Waals surface area (Å²) in [6, 6.07) is 3.62. The van der Waals surface area contributed by atoms with Crippen molar-refractivity contribution in [3.63, 3.8) is 0 Å². The summed E-state index contributed by atoms with van der Waals surface area (Å²) in [5.41, 5.74) is 1.04. The zero-order valence-corrected chi connectivity index (χ0v) is 20.0. The molecule has 2 aliphatic carbocycles. The van der Waals surface area contributed by atoms with Crippen LogP contribution in [0.4, 0.5) is 13.2 Å². The molecule has 2 nitrogen and oxygen atoms in total. The Morgan fingerprint density at radius 2 is 1.42 bits per heavy atom. The maximum atomic E-state index is 15.0. The van der Waals surface area contributed by atoms with E-state index in [-0.39, 0.29) is 29.3 Å². The summed E-state index contributed by atoms with van der Waals surface area (Å²) in [7, 11) is 0. The maximum Gasteiger partial charge on any atom is 0.168 e. The summed E-state index contributed by atoms with van der Waals surface area (Å²) >= 11 is 0. The molecule has 1 aromatic rings. The molecule has 0 aliphatic heterocycles. The van der Waals surface area contributed by atoms with Crippen LogP contribution in [0, 0.1) is 23.5 Å². The largest absolute Gasteiger partial charge is 0.494 e. The summed E-state index contributed by atoms with van der Waals surface area (Å²) < 4.78 is 54.7. The molecule has 33 heavy (non-hydrogen) atoms. The predicted octanol–water partition coefficient (Wildman–Crippen LogP) is 8.47. The average molecular weight is 463 g/mol. The van der Waals surface area contributed by atoms with Crippen molar-refractivity contribution in [2.45, 2.75) is 77.0 Å². The molecule has 1 aromatic carbocycles.